The van der Waals surface area contributed by atoms with Gasteiger partial charge in [-0.3, -0.25) is 0 Å². The summed E-state index contributed by atoms with van der Waals surface area (Å²) in [6, 6.07) is 5.66. The van der Waals surface area contributed by atoms with Crippen LogP contribution in [0.1, 0.15) is 5.56 Å². The van der Waals surface area contributed by atoms with E-state index in [0.717, 1.165) is 22.2 Å². The van der Waals surface area contributed by atoms with Gasteiger partial charge in [0.1, 0.15) is 5.75 Å². The average Bonchev–Trinajstić information content (AvgIpc) is 2.64. The molecule has 0 radical (unpaired) electrons. The number of hydrogen-bond acceptors (Lipinski definition) is 2. The second kappa shape index (κ2) is 3.11. The highest BCUT2D eigenvalue weighted by molar-refractivity contribution is 5.88. The van der Waals surface area contributed by atoms with Gasteiger partial charge in [0.15, 0.2) is 0 Å². The molecular weight excluding hydrogens is 166 g/mol. The topological polar surface area (TPSA) is 45.2 Å². The highest BCUT2D eigenvalue weighted by Crippen LogP contribution is 2.26. The fourth-order valence-electron chi connectivity index (χ4n) is 1.50. The lowest BCUT2D eigenvalue weighted by Crippen LogP contribution is -1.88. The Bertz CT molecular complexity index is 382. The molecule has 68 valence electrons. The van der Waals surface area contributed by atoms with Crippen LogP contribution in [0.4, 0.5) is 0 Å². The summed E-state index contributed by atoms with van der Waals surface area (Å²) in [6.07, 6.45) is 1.84. The largest absolute Gasteiger partial charge is 0.495 e. The summed E-state index contributed by atoms with van der Waals surface area (Å²) in [5.41, 5.74) is 1.85. The van der Waals surface area contributed by atoms with E-state index in [-0.39, 0.29) is 6.61 Å². The number of methoxy groups -OCH3 is 1. The molecule has 0 unspecified atom stereocenters. The van der Waals surface area contributed by atoms with E-state index in [1.54, 1.807) is 7.11 Å². The van der Waals surface area contributed by atoms with Crippen LogP contribution in [0.15, 0.2) is 24.4 Å². The van der Waals surface area contributed by atoms with Gasteiger partial charge in [0, 0.05) is 11.6 Å². The Morgan fingerprint density at radius 2 is 2.23 bits per heavy atom. The number of aromatic amines is 1. The Kier molecular flexibility index (Phi) is 1.94. The number of H-pyrrole nitrogens is 1. The Morgan fingerprint density at radius 3 is 2.92 bits per heavy atom. The summed E-state index contributed by atoms with van der Waals surface area (Å²) in [4.78, 5) is 3.08. The molecule has 3 heteroatoms. The van der Waals surface area contributed by atoms with Gasteiger partial charge in [-0.25, -0.2) is 0 Å². The van der Waals surface area contributed by atoms with Crippen molar-refractivity contribution in [1.29, 1.82) is 0 Å². The number of aromatic nitrogens is 1. The minimum atomic E-state index is 0.0539. The summed E-state index contributed by atoms with van der Waals surface area (Å²) in [6.45, 7) is 0.0539. The maximum atomic E-state index is 9.06. The molecule has 2 aromatic rings. The van der Waals surface area contributed by atoms with E-state index < -0.39 is 0 Å². The molecule has 0 atom stereocenters. The molecule has 0 saturated heterocycles. The summed E-state index contributed by atoms with van der Waals surface area (Å²) < 4.78 is 5.17. The molecule has 3 nitrogen and oxygen atoms in total. The first-order valence-corrected chi connectivity index (χ1v) is 4.10. The third kappa shape index (κ3) is 1.17. The van der Waals surface area contributed by atoms with E-state index in [2.05, 4.69) is 4.98 Å². The lowest BCUT2D eigenvalue weighted by atomic mass is 10.1. The zero-order valence-corrected chi connectivity index (χ0v) is 7.37. The van der Waals surface area contributed by atoms with E-state index in [4.69, 9.17) is 9.84 Å². The fourth-order valence-corrected chi connectivity index (χ4v) is 1.50. The predicted octanol–water partition coefficient (Wildman–Crippen LogP) is 1.67. The van der Waals surface area contributed by atoms with Crippen LogP contribution >= 0.6 is 0 Å². The van der Waals surface area contributed by atoms with Gasteiger partial charge in [-0.1, -0.05) is 6.07 Å². The van der Waals surface area contributed by atoms with Gasteiger partial charge in [0.05, 0.1) is 19.2 Å². The maximum Gasteiger partial charge on any atom is 0.142 e. The maximum absolute atomic E-state index is 9.06. The fraction of sp³-hybridized carbons (Fsp3) is 0.200. The number of ether oxygens (including phenoxy) is 1. The van der Waals surface area contributed by atoms with E-state index in [9.17, 15) is 0 Å². The van der Waals surface area contributed by atoms with Crippen LogP contribution in [0.2, 0.25) is 0 Å². The van der Waals surface area contributed by atoms with Crippen molar-refractivity contribution in [3.05, 3.63) is 30.0 Å². The molecular formula is C10H11NO2. The van der Waals surface area contributed by atoms with E-state index in [1.807, 2.05) is 24.4 Å². The number of fused-ring (bicyclic) bond motifs is 1. The average molecular weight is 177 g/mol. The number of rotatable bonds is 2. The van der Waals surface area contributed by atoms with Crippen LogP contribution in [0, 0.1) is 0 Å². The molecule has 0 fully saturated rings. The van der Waals surface area contributed by atoms with Crippen LogP contribution in [0.3, 0.4) is 0 Å². The third-order valence-corrected chi connectivity index (χ3v) is 2.17. The molecule has 0 aliphatic rings. The molecule has 2 N–H and O–H groups in total. The van der Waals surface area contributed by atoms with Crippen molar-refractivity contribution in [2.75, 3.05) is 7.11 Å². The molecule has 1 heterocycles. The van der Waals surface area contributed by atoms with Crippen molar-refractivity contribution in [3.63, 3.8) is 0 Å². The van der Waals surface area contributed by atoms with Crippen molar-refractivity contribution >= 4 is 10.9 Å². The van der Waals surface area contributed by atoms with Crippen molar-refractivity contribution in [1.82, 2.24) is 4.98 Å². The molecule has 13 heavy (non-hydrogen) atoms. The number of benzene rings is 1. The van der Waals surface area contributed by atoms with E-state index in [1.165, 1.54) is 0 Å². The normalized spacial score (nSPS) is 10.6. The Hall–Kier alpha value is -1.48. The molecule has 0 spiro atoms. The number of aliphatic hydroxyl groups excluding tert-OH is 1. The van der Waals surface area contributed by atoms with Gasteiger partial charge < -0.3 is 14.8 Å². The highest BCUT2D eigenvalue weighted by atomic mass is 16.5. The lowest BCUT2D eigenvalue weighted by molar-refractivity contribution is 0.283. The SMILES string of the molecule is COc1ccc(CO)c2cc[nH]c12. The highest BCUT2D eigenvalue weighted by Gasteiger charge is 2.05. The second-order valence-corrected chi connectivity index (χ2v) is 2.85. The van der Waals surface area contributed by atoms with Crippen LogP contribution in [-0.2, 0) is 6.61 Å². The summed E-state index contributed by atoms with van der Waals surface area (Å²) in [7, 11) is 1.63. The molecule has 0 bridgehead atoms. The van der Waals surface area contributed by atoms with Gasteiger partial charge in [-0.2, -0.15) is 0 Å². The molecule has 1 aromatic heterocycles. The lowest BCUT2D eigenvalue weighted by Gasteiger charge is -2.04. The van der Waals surface area contributed by atoms with Crippen LogP contribution in [0.5, 0.6) is 5.75 Å². The van der Waals surface area contributed by atoms with E-state index in [0.29, 0.717) is 0 Å². The number of aliphatic hydroxyl groups is 1. The Morgan fingerprint density at radius 1 is 1.38 bits per heavy atom. The van der Waals surface area contributed by atoms with Crippen LogP contribution in [0.25, 0.3) is 10.9 Å². The summed E-state index contributed by atoms with van der Waals surface area (Å²) >= 11 is 0. The van der Waals surface area contributed by atoms with Gasteiger partial charge in [0.25, 0.3) is 0 Å². The number of hydrogen-bond donors (Lipinski definition) is 2. The van der Waals surface area contributed by atoms with Crippen molar-refractivity contribution in [3.8, 4) is 5.75 Å². The smallest absolute Gasteiger partial charge is 0.142 e. The first-order chi connectivity index (χ1) is 6.36. The molecule has 2 rings (SSSR count). The number of nitrogens with one attached hydrogen (secondary N) is 1. The first-order valence-electron chi connectivity index (χ1n) is 4.10. The first kappa shape index (κ1) is 8.13. The van der Waals surface area contributed by atoms with Gasteiger partial charge in [0.2, 0.25) is 0 Å². The molecule has 0 amide bonds. The van der Waals surface area contributed by atoms with E-state index >= 15 is 0 Å². The minimum Gasteiger partial charge on any atom is -0.495 e. The summed E-state index contributed by atoms with van der Waals surface area (Å²) in [5.74, 6) is 0.803. The van der Waals surface area contributed by atoms with Crippen LogP contribution < -0.4 is 4.74 Å². The second-order valence-electron chi connectivity index (χ2n) is 2.85. The Labute approximate surface area is 76.0 Å². The van der Waals surface area contributed by atoms with Gasteiger partial charge >= 0.3 is 0 Å². The Balaban J connectivity index is 2.74. The third-order valence-electron chi connectivity index (χ3n) is 2.17. The molecule has 0 aliphatic heterocycles. The quantitative estimate of drug-likeness (QED) is 0.732. The standard InChI is InChI=1S/C10H11NO2/c1-13-9-3-2-7(6-12)8-4-5-11-10(8)9/h2-5,11-12H,6H2,1H3. The zero-order valence-electron chi connectivity index (χ0n) is 7.37. The van der Waals surface area contributed by atoms with Crippen molar-refractivity contribution in [2.24, 2.45) is 0 Å². The van der Waals surface area contributed by atoms with Crippen LogP contribution in [-0.4, -0.2) is 17.2 Å². The molecule has 1 aromatic carbocycles. The van der Waals surface area contributed by atoms with Gasteiger partial charge in [-0.15, -0.1) is 0 Å². The van der Waals surface area contributed by atoms with Crippen molar-refractivity contribution in [2.45, 2.75) is 6.61 Å². The molecule has 0 aliphatic carbocycles. The predicted molar refractivity (Wildman–Crippen MR) is 50.8 cm³/mol. The van der Waals surface area contributed by atoms with Crippen molar-refractivity contribution < 1.29 is 9.84 Å². The molecule has 0 saturated carbocycles. The zero-order chi connectivity index (χ0) is 9.26. The van der Waals surface area contributed by atoms with Gasteiger partial charge in [-0.05, 0) is 17.7 Å². The summed E-state index contributed by atoms with van der Waals surface area (Å²) in [5, 5.41) is 10.1. The minimum absolute atomic E-state index is 0.0539. The monoisotopic (exact) mass is 177 g/mol.